The highest BCUT2D eigenvalue weighted by Gasteiger charge is 2.21. The number of carbonyl (C=O) groups excluding carboxylic acids is 1. The van der Waals surface area contributed by atoms with Crippen LogP contribution in [-0.4, -0.2) is 24.6 Å². The first-order valence-electron chi connectivity index (χ1n) is 8.18. The third-order valence-corrected chi connectivity index (χ3v) is 5.26. The Balaban J connectivity index is 1.92. The minimum Gasteiger partial charge on any atom is -0.348 e. The normalized spacial score (nSPS) is 12.4. The van der Waals surface area contributed by atoms with Crippen LogP contribution >= 0.6 is 34.8 Å². The van der Waals surface area contributed by atoms with Crippen molar-refractivity contribution < 1.29 is 4.79 Å². The fourth-order valence-corrected chi connectivity index (χ4v) is 3.72. The molecule has 3 rings (SSSR count). The molecule has 28 heavy (non-hydrogen) atoms. The van der Waals surface area contributed by atoms with Gasteiger partial charge in [0.1, 0.15) is 6.54 Å². The fraction of sp³-hybridized carbons (Fsp3) is 0.294. The molecule has 8 nitrogen and oxygen atoms in total. The van der Waals surface area contributed by atoms with E-state index in [1.165, 1.54) is 23.2 Å². The molecule has 0 fully saturated rings. The predicted octanol–water partition coefficient (Wildman–Crippen LogP) is 2.27. The Kier molecular flexibility index (Phi) is 5.56. The highest BCUT2D eigenvalue weighted by molar-refractivity contribution is 6.35. The van der Waals surface area contributed by atoms with Crippen molar-refractivity contribution >= 4 is 51.9 Å². The summed E-state index contributed by atoms with van der Waals surface area (Å²) in [4.78, 5) is 41.1. The Labute approximate surface area is 174 Å². The van der Waals surface area contributed by atoms with Crippen molar-refractivity contribution in [3.8, 4) is 0 Å². The van der Waals surface area contributed by atoms with E-state index in [0.717, 1.165) is 4.57 Å². The van der Waals surface area contributed by atoms with Gasteiger partial charge in [-0.15, -0.1) is 0 Å². The van der Waals surface area contributed by atoms with Crippen LogP contribution in [0.25, 0.3) is 11.2 Å². The van der Waals surface area contributed by atoms with Crippen molar-refractivity contribution in [2.75, 3.05) is 0 Å². The molecule has 1 N–H and O–H groups in total. The molecule has 2 aromatic heterocycles. The number of rotatable bonds is 4. The first-order valence-corrected chi connectivity index (χ1v) is 9.31. The third kappa shape index (κ3) is 3.55. The van der Waals surface area contributed by atoms with E-state index in [4.69, 9.17) is 34.8 Å². The molecule has 1 aromatic carbocycles. The van der Waals surface area contributed by atoms with Crippen LogP contribution in [0, 0.1) is 0 Å². The second-order valence-electron chi connectivity index (χ2n) is 6.30. The minimum atomic E-state index is -0.584. The van der Waals surface area contributed by atoms with Gasteiger partial charge in [-0.1, -0.05) is 29.3 Å². The van der Waals surface area contributed by atoms with Crippen LogP contribution in [-0.2, 0) is 25.4 Å². The van der Waals surface area contributed by atoms with Gasteiger partial charge < -0.3 is 5.32 Å². The maximum Gasteiger partial charge on any atom is 0.332 e. The summed E-state index contributed by atoms with van der Waals surface area (Å²) in [5.74, 6) is -0.407. The molecule has 0 radical (unpaired) electrons. The van der Waals surface area contributed by atoms with Crippen molar-refractivity contribution in [2.24, 2.45) is 14.1 Å². The Morgan fingerprint density at radius 3 is 2.50 bits per heavy atom. The molecule has 0 saturated heterocycles. The molecule has 1 atom stereocenters. The van der Waals surface area contributed by atoms with Gasteiger partial charge in [-0.2, -0.15) is 4.98 Å². The summed E-state index contributed by atoms with van der Waals surface area (Å²) in [7, 11) is 2.82. The van der Waals surface area contributed by atoms with Gasteiger partial charge in [-0.25, -0.2) is 4.79 Å². The molecule has 0 aliphatic carbocycles. The average molecular weight is 445 g/mol. The Morgan fingerprint density at radius 1 is 1.18 bits per heavy atom. The van der Waals surface area contributed by atoms with Crippen molar-refractivity contribution in [3.05, 3.63) is 59.9 Å². The summed E-state index contributed by atoms with van der Waals surface area (Å²) in [5, 5.41) is 3.64. The second-order valence-corrected chi connectivity index (χ2v) is 7.48. The van der Waals surface area contributed by atoms with Crippen molar-refractivity contribution in [3.63, 3.8) is 0 Å². The molecule has 0 aliphatic heterocycles. The van der Waals surface area contributed by atoms with E-state index in [2.05, 4.69) is 10.3 Å². The smallest absolute Gasteiger partial charge is 0.332 e. The number of aryl methyl sites for hydroxylation is 1. The zero-order chi connectivity index (χ0) is 20.7. The van der Waals surface area contributed by atoms with Crippen molar-refractivity contribution in [2.45, 2.75) is 19.5 Å². The number of hydrogen-bond acceptors (Lipinski definition) is 4. The Morgan fingerprint density at radius 2 is 1.86 bits per heavy atom. The van der Waals surface area contributed by atoms with E-state index >= 15 is 0 Å². The number of nitrogens with zero attached hydrogens (tertiary/aromatic N) is 4. The molecule has 0 aliphatic rings. The largest absolute Gasteiger partial charge is 0.348 e. The predicted molar refractivity (Wildman–Crippen MR) is 108 cm³/mol. The van der Waals surface area contributed by atoms with Gasteiger partial charge in [0.05, 0.1) is 6.04 Å². The number of imidazole rings is 1. The molecule has 11 heteroatoms. The highest BCUT2D eigenvalue weighted by atomic mass is 35.5. The number of carbonyl (C=O) groups is 1. The van der Waals surface area contributed by atoms with Crippen LogP contribution in [0.1, 0.15) is 18.5 Å². The van der Waals surface area contributed by atoms with Crippen LogP contribution < -0.4 is 16.6 Å². The first-order chi connectivity index (χ1) is 13.1. The second kappa shape index (κ2) is 7.62. The lowest BCUT2D eigenvalue weighted by atomic mass is 10.1. The van der Waals surface area contributed by atoms with Crippen LogP contribution in [0.4, 0.5) is 0 Å². The van der Waals surface area contributed by atoms with E-state index in [1.54, 1.807) is 25.1 Å². The molecule has 1 unspecified atom stereocenters. The van der Waals surface area contributed by atoms with Gasteiger partial charge >= 0.3 is 5.69 Å². The van der Waals surface area contributed by atoms with Gasteiger partial charge in [-0.05, 0) is 36.2 Å². The minimum absolute atomic E-state index is 0.0689. The van der Waals surface area contributed by atoms with E-state index < -0.39 is 23.2 Å². The summed E-state index contributed by atoms with van der Waals surface area (Å²) in [6, 6.07) is 4.58. The number of hydrogen-bond donors (Lipinski definition) is 1. The fourth-order valence-electron chi connectivity index (χ4n) is 2.93. The summed E-state index contributed by atoms with van der Waals surface area (Å²) in [5.41, 5.74) is -0.241. The van der Waals surface area contributed by atoms with Gasteiger partial charge in [0.15, 0.2) is 11.2 Å². The van der Waals surface area contributed by atoms with E-state index in [1.807, 2.05) is 0 Å². The molecule has 2 heterocycles. The van der Waals surface area contributed by atoms with Gasteiger partial charge in [0.25, 0.3) is 5.56 Å². The van der Waals surface area contributed by atoms with Crippen molar-refractivity contribution in [1.29, 1.82) is 0 Å². The number of fused-ring (bicyclic) bond motifs is 1. The number of aromatic nitrogens is 4. The Hall–Kier alpha value is -2.29. The first kappa shape index (κ1) is 20.4. The summed E-state index contributed by atoms with van der Waals surface area (Å²) >= 11 is 18.2. The molecule has 0 spiro atoms. The Bertz CT molecular complexity index is 1210. The molecule has 1 amide bonds. The van der Waals surface area contributed by atoms with E-state index in [9.17, 15) is 14.4 Å². The van der Waals surface area contributed by atoms with Crippen LogP contribution in [0.3, 0.4) is 0 Å². The van der Waals surface area contributed by atoms with Crippen molar-refractivity contribution in [1.82, 2.24) is 24.0 Å². The van der Waals surface area contributed by atoms with Gasteiger partial charge in [-0.3, -0.25) is 23.3 Å². The lowest BCUT2D eigenvalue weighted by molar-refractivity contribution is -0.122. The standard InChI is InChI=1S/C17H16Cl3N5O3/c1-8(10-5-4-9(18)6-11(10)19)21-12(26)7-25-13-14(22-16(25)20)23(2)17(28)24(3)15(13)27/h4-6,8H,7H2,1-3H3,(H,21,26). The number of nitrogens with one attached hydrogen (secondary N) is 1. The zero-order valence-corrected chi connectivity index (χ0v) is 17.4. The number of halogens is 3. The summed E-state index contributed by atoms with van der Waals surface area (Å²) in [6.07, 6.45) is 0. The topological polar surface area (TPSA) is 90.9 Å². The average Bonchev–Trinajstić information content (AvgIpc) is 2.94. The molecule has 3 aromatic rings. The molecular weight excluding hydrogens is 429 g/mol. The maximum absolute atomic E-state index is 12.6. The lowest BCUT2D eigenvalue weighted by Gasteiger charge is -2.16. The maximum atomic E-state index is 12.6. The zero-order valence-electron chi connectivity index (χ0n) is 15.2. The SMILES string of the molecule is CC(NC(=O)Cn1c(Cl)nc2c1c(=O)n(C)c(=O)n2C)c1ccc(Cl)cc1Cl. The molecule has 0 saturated carbocycles. The lowest BCUT2D eigenvalue weighted by Crippen LogP contribution is -2.38. The molecular formula is C17H16Cl3N5O3. The third-order valence-electron chi connectivity index (χ3n) is 4.41. The summed E-state index contributed by atoms with van der Waals surface area (Å²) < 4.78 is 3.40. The van der Waals surface area contributed by atoms with E-state index in [0.29, 0.717) is 15.6 Å². The molecule has 148 valence electrons. The molecule has 0 bridgehead atoms. The number of amides is 1. The van der Waals surface area contributed by atoms with Gasteiger partial charge in [0.2, 0.25) is 11.2 Å². The van der Waals surface area contributed by atoms with Crippen LogP contribution in [0.2, 0.25) is 15.3 Å². The number of benzene rings is 1. The van der Waals surface area contributed by atoms with Gasteiger partial charge in [0, 0.05) is 24.1 Å². The highest BCUT2D eigenvalue weighted by Crippen LogP contribution is 2.26. The van der Waals surface area contributed by atoms with Crippen LogP contribution in [0.5, 0.6) is 0 Å². The van der Waals surface area contributed by atoms with E-state index in [-0.39, 0.29) is 23.0 Å². The van der Waals surface area contributed by atoms with Crippen LogP contribution in [0.15, 0.2) is 27.8 Å². The quantitative estimate of drug-likeness (QED) is 0.625. The summed E-state index contributed by atoms with van der Waals surface area (Å²) in [6.45, 7) is 1.52. The monoisotopic (exact) mass is 443 g/mol.